The summed E-state index contributed by atoms with van der Waals surface area (Å²) in [7, 11) is 1.97. The Labute approximate surface area is 150 Å². The molecule has 0 unspecified atom stereocenters. The zero-order valence-corrected chi connectivity index (χ0v) is 15.4. The fraction of sp³-hybridized carbons (Fsp3) is 0.381. The summed E-state index contributed by atoms with van der Waals surface area (Å²) in [5.74, 6) is 0.201. The minimum Gasteiger partial charge on any atom is -0.368 e. The molecule has 0 bridgehead atoms. The third kappa shape index (κ3) is 3.95. The normalized spacial score (nSPS) is 14.5. The average molecular weight is 337 g/mol. The number of aryl methyl sites for hydroxylation is 1. The summed E-state index contributed by atoms with van der Waals surface area (Å²) in [5, 5.41) is 0. The number of hydrogen-bond donors (Lipinski definition) is 0. The lowest BCUT2D eigenvalue weighted by atomic mass is 10.1. The van der Waals surface area contributed by atoms with Crippen LogP contribution in [-0.2, 0) is 4.79 Å². The van der Waals surface area contributed by atoms with Crippen LogP contribution in [0.4, 0.5) is 11.4 Å². The van der Waals surface area contributed by atoms with Crippen LogP contribution in [0.15, 0.2) is 48.5 Å². The molecule has 0 aliphatic carbocycles. The van der Waals surface area contributed by atoms with Crippen molar-refractivity contribution in [3.05, 3.63) is 59.7 Å². The maximum Gasteiger partial charge on any atom is 0.242 e. The largest absolute Gasteiger partial charge is 0.368 e. The lowest BCUT2D eigenvalue weighted by Crippen LogP contribution is -2.51. The Hall–Kier alpha value is -2.49. The van der Waals surface area contributed by atoms with Gasteiger partial charge in [-0.2, -0.15) is 0 Å². The van der Waals surface area contributed by atoms with Crippen molar-refractivity contribution in [2.75, 3.05) is 49.6 Å². The van der Waals surface area contributed by atoms with Crippen molar-refractivity contribution in [2.24, 2.45) is 0 Å². The van der Waals surface area contributed by atoms with Crippen LogP contribution in [0.5, 0.6) is 0 Å². The van der Waals surface area contributed by atoms with E-state index in [0.29, 0.717) is 6.54 Å². The number of carbonyl (C=O) groups is 1. The van der Waals surface area contributed by atoms with E-state index >= 15 is 0 Å². The van der Waals surface area contributed by atoms with Crippen molar-refractivity contribution in [2.45, 2.75) is 13.8 Å². The van der Waals surface area contributed by atoms with E-state index < -0.39 is 0 Å². The zero-order valence-electron chi connectivity index (χ0n) is 15.4. The second kappa shape index (κ2) is 7.60. The van der Waals surface area contributed by atoms with Crippen molar-refractivity contribution < 1.29 is 4.79 Å². The predicted octanol–water partition coefficient (Wildman–Crippen LogP) is 3.09. The van der Waals surface area contributed by atoms with Gasteiger partial charge in [-0.1, -0.05) is 30.3 Å². The molecule has 0 saturated carbocycles. The number of piperazine rings is 1. The Morgan fingerprint density at radius 3 is 2.32 bits per heavy atom. The van der Waals surface area contributed by atoms with Crippen molar-refractivity contribution >= 4 is 17.3 Å². The molecule has 1 heterocycles. The molecule has 1 aliphatic rings. The minimum absolute atomic E-state index is 0.201. The van der Waals surface area contributed by atoms with Gasteiger partial charge in [0.25, 0.3) is 0 Å². The maximum absolute atomic E-state index is 12.6. The van der Waals surface area contributed by atoms with Crippen molar-refractivity contribution in [1.29, 1.82) is 0 Å². The molecule has 2 aromatic rings. The van der Waals surface area contributed by atoms with Gasteiger partial charge in [-0.05, 0) is 43.2 Å². The molecule has 0 N–H and O–H groups in total. The van der Waals surface area contributed by atoms with Gasteiger partial charge in [-0.25, -0.2) is 0 Å². The Bertz CT molecular complexity index is 721. The van der Waals surface area contributed by atoms with Crippen LogP contribution in [0.3, 0.4) is 0 Å². The van der Waals surface area contributed by atoms with E-state index in [4.69, 9.17) is 0 Å². The molecule has 1 aliphatic heterocycles. The summed E-state index contributed by atoms with van der Waals surface area (Å²) in [4.78, 5) is 19.0. The van der Waals surface area contributed by atoms with Gasteiger partial charge in [-0.3, -0.25) is 4.79 Å². The van der Waals surface area contributed by atoms with Gasteiger partial charge in [0.15, 0.2) is 0 Å². The summed E-state index contributed by atoms with van der Waals surface area (Å²) < 4.78 is 0. The molecule has 0 radical (unpaired) electrons. The highest BCUT2D eigenvalue weighted by atomic mass is 16.2. The number of nitrogens with zero attached hydrogens (tertiary/aromatic N) is 3. The van der Waals surface area contributed by atoms with Gasteiger partial charge in [0.05, 0.1) is 6.54 Å². The van der Waals surface area contributed by atoms with Crippen molar-refractivity contribution in [3.63, 3.8) is 0 Å². The second-order valence-electron chi connectivity index (χ2n) is 6.78. The van der Waals surface area contributed by atoms with E-state index in [1.807, 2.05) is 47.2 Å². The first-order valence-corrected chi connectivity index (χ1v) is 8.91. The average Bonchev–Trinajstić information content (AvgIpc) is 2.65. The Kier molecular flexibility index (Phi) is 5.27. The van der Waals surface area contributed by atoms with E-state index in [1.165, 1.54) is 16.8 Å². The first kappa shape index (κ1) is 17.3. The highest BCUT2D eigenvalue weighted by molar-refractivity contribution is 5.81. The predicted molar refractivity (Wildman–Crippen MR) is 104 cm³/mol. The molecule has 4 heteroatoms. The number of benzene rings is 2. The van der Waals surface area contributed by atoms with Crippen molar-refractivity contribution in [1.82, 2.24) is 4.90 Å². The minimum atomic E-state index is 0.201. The van der Waals surface area contributed by atoms with E-state index in [2.05, 4.69) is 36.9 Å². The fourth-order valence-electron chi connectivity index (χ4n) is 3.35. The molecular formula is C21H27N3O. The van der Waals surface area contributed by atoms with E-state index in [1.54, 1.807) is 0 Å². The molecule has 1 fully saturated rings. The number of amides is 1. The second-order valence-corrected chi connectivity index (χ2v) is 6.78. The Morgan fingerprint density at radius 1 is 0.960 bits per heavy atom. The van der Waals surface area contributed by atoms with Gasteiger partial charge in [0.2, 0.25) is 5.91 Å². The first-order chi connectivity index (χ1) is 12.1. The quantitative estimate of drug-likeness (QED) is 0.858. The monoisotopic (exact) mass is 337 g/mol. The molecule has 0 aromatic heterocycles. The summed E-state index contributed by atoms with van der Waals surface area (Å²) in [6, 6.07) is 16.5. The maximum atomic E-state index is 12.6. The number of rotatable bonds is 4. The smallest absolute Gasteiger partial charge is 0.242 e. The standard InChI is InChI=1S/C21H27N3O/c1-17-8-7-11-20(18(17)2)23-12-14-24(15-13-23)21(25)16-22(3)19-9-5-4-6-10-19/h4-11H,12-16H2,1-3H3. The van der Waals surface area contributed by atoms with Crippen LogP contribution in [0, 0.1) is 13.8 Å². The lowest BCUT2D eigenvalue weighted by Gasteiger charge is -2.37. The summed E-state index contributed by atoms with van der Waals surface area (Å²) in [6.45, 7) is 8.11. The van der Waals surface area contributed by atoms with Crippen LogP contribution >= 0.6 is 0 Å². The van der Waals surface area contributed by atoms with E-state index in [0.717, 1.165) is 31.9 Å². The Morgan fingerprint density at radius 2 is 1.64 bits per heavy atom. The zero-order chi connectivity index (χ0) is 17.8. The van der Waals surface area contributed by atoms with Crippen molar-refractivity contribution in [3.8, 4) is 0 Å². The molecule has 2 aromatic carbocycles. The fourth-order valence-corrected chi connectivity index (χ4v) is 3.35. The van der Waals surface area contributed by atoms with Gasteiger partial charge in [0, 0.05) is 44.6 Å². The molecule has 3 rings (SSSR count). The van der Waals surface area contributed by atoms with Gasteiger partial charge < -0.3 is 14.7 Å². The molecule has 25 heavy (non-hydrogen) atoms. The summed E-state index contributed by atoms with van der Waals surface area (Å²) >= 11 is 0. The number of anilines is 2. The van der Waals surface area contributed by atoms with Crippen LogP contribution in [0.1, 0.15) is 11.1 Å². The molecule has 1 saturated heterocycles. The molecule has 132 valence electrons. The topological polar surface area (TPSA) is 26.8 Å². The van der Waals surface area contributed by atoms with Crippen LogP contribution in [0.25, 0.3) is 0 Å². The van der Waals surface area contributed by atoms with Gasteiger partial charge in [-0.15, -0.1) is 0 Å². The number of likely N-dealkylation sites (N-methyl/N-ethyl adjacent to an activating group) is 1. The van der Waals surface area contributed by atoms with Crippen LogP contribution < -0.4 is 9.80 Å². The van der Waals surface area contributed by atoms with E-state index in [9.17, 15) is 4.79 Å². The molecule has 4 nitrogen and oxygen atoms in total. The van der Waals surface area contributed by atoms with Crippen LogP contribution in [0.2, 0.25) is 0 Å². The third-order valence-corrected chi connectivity index (χ3v) is 5.12. The van der Waals surface area contributed by atoms with Gasteiger partial charge >= 0.3 is 0 Å². The first-order valence-electron chi connectivity index (χ1n) is 8.91. The number of hydrogen-bond acceptors (Lipinski definition) is 3. The lowest BCUT2D eigenvalue weighted by molar-refractivity contribution is -0.129. The SMILES string of the molecule is Cc1cccc(N2CCN(C(=O)CN(C)c3ccccc3)CC2)c1C. The highest BCUT2D eigenvalue weighted by Crippen LogP contribution is 2.24. The van der Waals surface area contributed by atoms with Gasteiger partial charge in [0.1, 0.15) is 0 Å². The third-order valence-electron chi connectivity index (χ3n) is 5.12. The Balaban J connectivity index is 1.57. The highest BCUT2D eigenvalue weighted by Gasteiger charge is 2.23. The molecule has 1 amide bonds. The molecular weight excluding hydrogens is 310 g/mol. The molecule has 0 atom stereocenters. The summed E-state index contributed by atoms with van der Waals surface area (Å²) in [6.07, 6.45) is 0. The summed E-state index contributed by atoms with van der Waals surface area (Å²) in [5.41, 5.74) is 5.03. The van der Waals surface area contributed by atoms with Crippen LogP contribution in [-0.4, -0.2) is 50.6 Å². The number of carbonyl (C=O) groups excluding carboxylic acids is 1. The van der Waals surface area contributed by atoms with E-state index in [-0.39, 0.29) is 5.91 Å². The molecule has 0 spiro atoms. The number of para-hydroxylation sites is 1.